The number of nitrogens with zero attached hydrogens (tertiary/aromatic N) is 4. The van der Waals surface area contributed by atoms with E-state index in [2.05, 4.69) is 34.0 Å². The summed E-state index contributed by atoms with van der Waals surface area (Å²) < 4.78 is 5.24. The fourth-order valence-electron chi connectivity index (χ4n) is 4.61. The molecular formula is C23H37N5O3. The van der Waals surface area contributed by atoms with Crippen LogP contribution >= 0.6 is 0 Å². The number of phenols is 1. The van der Waals surface area contributed by atoms with E-state index in [4.69, 9.17) is 4.74 Å². The van der Waals surface area contributed by atoms with Crippen LogP contribution in [0.1, 0.15) is 25.8 Å². The molecule has 2 N–H and O–H groups in total. The van der Waals surface area contributed by atoms with Crippen molar-refractivity contribution in [3.8, 4) is 11.5 Å². The molecule has 2 saturated heterocycles. The van der Waals surface area contributed by atoms with E-state index in [1.807, 2.05) is 11.0 Å². The number of carbonyl (C=O) groups is 1. The normalized spacial score (nSPS) is 23.0. The van der Waals surface area contributed by atoms with E-state index in [1.54, 1.807) is 26.3 Å². The van der Waals surface area contributed by atoms with Gasteiger partial charge in [0.05, 0.1) is 13.7 Å². The summed E-state index contributed by atoms with van der Waals surface area (Å²) in [6.45, 7) is 10.5. The number of nitrogens with one attached hydrogen (secondary N) is 1. The molecule has 0 spiro atoms. The molecule has 1 amide bonds. The number of amides is 1. The first kappa shape index (κ1) is 23.2. The largest absolute Gasteiger partial charge is 0.508 e. The van der Waals surface area contributed by atoms with Crippen molar-refractivity contribution in [2.75, 3.05) is 60.0 Å². The second-order valence-corrected chi connectivity index (χ2v) is 8.90. The number of guanidine groups is 1. The van der Waals surface area contributed by atoms with E-state index < -0.39 is 0 Å². The third kappa shape index (κ3) is 6.26. The number of methoxy groups -OCH3 is 1. The van der Waals surface area contributed by atoms with Crippen LogP contribution in [0.2, 0.25) is 0 Å². The Bertz CT molecular complexity index is 766. The van der Waals surface area contributed by atoms with E-state index in [0.29, 0.717) is 30.7 Å². The number of ether oxygens (including phenoxy) is 1. The summed E-state index contributed by atoms with van der Waals surface area (Å²) in [6, 6.07) is 5.19. The summed E-state index contributed by atoms with van der Waals surface area (Å²) in [7, 11) is 3.38. The van der Waals surface area contributed by atoms with E-state index in [-0.39, 0.29) is 11.7 Å². The molecule has 0 bridgehead atoms. The molecule has 2 unspecified atom stereocenters. The standard InChI is InChI=1S/C23H37N5O3/c1-17-11-18(2)15-28(14-17)22(30)16-26-7-9-27(10-8-26)23(24-3)25-13-19-12-20(31-4)5-6-21(19)29/h5-6,12,17-18,29H,7-11,13-16H2,1-4H3,(H,24,25). The summed E-state index contributed by atoms with van der Waals surface area (Å²) in [6.07, 6.45) is 1.21. The highest BCUT2D eigenvalue weighted by Crippen LogP contribution is 2.23. The number of hydrogen-bond donors (Lipinski definition) is 2. The zero-order chi connectivity index (χ0) is 22.4. The van der Waals surface area contributed by atoms with E-state index >= 15 is 0 Å². The van der Waals surface area contributed by atoms with Crippen molar-refractivity contribution in [1.82, 2.24) is 20.0 Å². The summed E-state index contributed by atoms with van der Waals surface area (Å²) in [4.78, 5) is 23.7. The van der Waals surface area contributed by atoms with Crippen LogP contribution < -0.4 is 10.1 Å². The van der Waals surface area contributed by atoms with Gasteiger partial charge in [0.1, 0.15) is 11.5 Å². The molecule has 0 aromatic heterocycles. The van der Waals surface area contributed by atoms with Gasteiger partial charge < -0.3 is 25.0 Å². The predicted molar refractivity (Wildman–Crippen MR) is 122 cm³/mol. The minimum absolute atomic E-state index is 0.230. The lowest BCUT2D eigenvalue weighted by atomic mass is 9.92. The third-order valence-electron chi connectivity index (χ3n) is 6.19. The Kier molecular flexibility index (Phi) is 8.01. The minimum atomic E-state index is 0.230. The molecule has 2 atom stereocenters. The fourth-order valence-corrected chi connectivity index (χ4v) is 4.61. The Hall–Kier alpha value is -2.48. The van der Waals surface area contributed by atoms with Gasteiger partial charge in [-0.25, -0.2) is 0 Å². The summed E-state index contributed by atoms with van der Waals surface area (Å²) in [5, 5.41) is 13.4. The molecule has 0 radical (unpaired) electrons. The molecule has 2 aliphatic heterocycles. The van der Waals surface area contributed by atoms with Crippen LogP contribution in [0, 0.1) is 11.8 Å². The Morgan fingerprint density at radius 3 is 2.45 bits per heavy atom. The molecule has 8 nitrogen and oxygen atoms in total. The lowest BCUT2D eigenvalue weighted by Gasteiger charge is -2.39. The first-order valence-corrected chi connectivity index (χ1v) is 11.2. The van der Waals surface area contributed by atoms with Gasteiger partial charge in [-0.05, 0) is 36.5 Å². The van der Waals surface area contributed by atoms with Crippen LogP contribution in [0.4, 0.5) is 0 Å². The molecule has 2 aliphatic rings. The number of piperazine rings is 1. The van der Waals surface area contributed by atoms with Gasteiger partial charge in [-0.15, -0.1) is 0 Å². The number of aliphatic imine (C=N–C) groups is 1. The molecule has 0 saturated carbocycles. The SMILES string of the molecule is CN=C(NCc1cc(OC)ccc1O)N1CCN(CC(=O)N2CC(C)CC(C)C2)CC1. The number of phenolic OH excluding ortho intramolecular Hbond substituents is 1. The number of likely N-dealkylation sites (tertiary alicyclic amines) is 1. The number of carbonyl (C=O) groups excluding carboxylic acids is 1. The van der Waals surface area contributed by atoms with Crippen LogP contribution in [0.15, 0.2) is 23.2 Å². The summed E-state index contributed by atoms with van der Waals surface area (Å²) >= 11 is 0. The van der Waals surface area contributed by atoms with E-state index in [9.17, 15) is 9.90 Å². The zero-order valence-electron chi connectivity index (χ0n) is 19.3. The molecule has 1 aromatic rings. The Morgan fingerprint density at radius 2 is 1.84 bits per heavy atom. The molecule has 2 heterocycles. The topological polar surface area (TPSA) is 80.6 Å². The molecule has 2 fully saturated rings. The molecule has 3 rings (SSSR count). The highest BCUT2D eigenvalue weighted by atomic mass is 16.5. The van der Waals surface area contributed by atoms with Crippen molar-refractivity contribution in [2.24, 2.45) is 16.8 Å². The highest BCUT2D eigenvalue weighted by molar-refractivity contribution is 5.80. The average molecular weight is 432 g/mol. The molecule has 31 heavy (non-hydrogen) atoms. The number of piperidine rings is 1. The maximum absolute atomic E-state index is 12.8. The van der Waals surface area contributed by atoms with Crippen molar-refractivity contribution < 1.29 is 14.6 Å². The molecule has 8 heteroatoms. The van der Waals surface area contributed by atoms with Crippen LogP contribution in [0.5, 0.6) is 11.5 Å². The smallest absolute Gasteiger partial charge is 0.236 e. The van der Waals surface area contributed by atoms with Crippen LogP contribution in [-0.4, -0.2) is 91.6 Å². The van der Waals surface area contributed by atoms with Crippen LogP contribution in [-0.2, 0) is 11.3 Å². The number of aromatic hydroxyl groups is 1. The van der Waals surface area contributed by atoms with E-state index in [0.717, 1.165) is 50.8 Å². The monoisotopic (exact) mass is 431 g/mol. The summed E-state index contributed by atoms with van der Waals surface area (Å²) in [5.74, 6) is 3.16. The maximum Gasteiger partial charge on any atom is 0.236 e. The molecule has 0 aliphatic carbocycles. The van der Waals surface area contributed by atoms with Crippen molar-refractivity contribution in [1.29, 1.82) is 0 Å². The zero-order valence-corrected chi connectivity index (χ0v) is 19.3. The second-order valence-electron chi connectivity index (χ2n) is 8.90. The fraction of sp³-hybridized carbons (Fsp3) is 0.652. The minimum Gasteiger partial charge on any atom is -0.508 e. The predicted octanol–water partition coefficient (Wildman–Crippen LogP) is 1.60. The van der Waals surface area contributed by atoms with Gasteiger partial charge >= 0.3 is 0 Å². The van der Waals surface area contributed by atoms with Crippen molar-refractivity contribution in [3.05, 3.63) is 23.8 Å². The second kappa shape index (κ2) is 10.7. The number of benzene rings is 1. The molecule has 1 aromatic carbocycles. The first-order valence-electron chi connectivity index (χ1n) is 11.2. The Labute approximate surface area is 185 Å². The van der Waals surface area contributed by atoms with Gasteiger partial charge in [0.2, 0.25) is 5.91 Å². The van der Waals surface area contributed by atoms with Crippen molar-refractivity contribution >= 4 is 11.9 Å². The third-order valence-corrected chi connectivity index (χ3v) is 6.19. The first-order chi connectivity index (χ1) is 14.9. The van der Waals surface area contributed by atoms with Gasteiger partial charge in [-0.2, -0.15) is 0 Å². The number of rotatable bonds is 5. The lowest BCUT2D eigenvalue weighted by Crippen LogP contribution is -2.55. The van der Waals surface area contributed by atoms with Crippen molar-refractivity contribution in [3.63, 3.8) is 0 Å². The Morgan fingerprint density at radius 1 is 1.16 bits per heavy atom. The molecular weight excluding hydrogens is 394 g/mol. The summed E-state index contributed by atoms with van der Waals surface area (Å²) in [5.41, 5.74) is 0.759. The molecule has 172 valence electrons. The van der Waals surface area contributed by atoms with Gasteiger partial charge in [0.15, 0.2) is 5.96 Å². The number of hydrogen-bond acceptors (Lipinski definition) is 5. The van der Waals surface area contributed by atoms with Crippen LogP contribution in [0.3, 0.4) is 0 Å². The van der Waals surface area contributed by atoms with Gasteiger partial charge in [-0.3, -0.25) is 14.7 Å². The lowest BCUT2D eigenvalue weighted by molar-refractivity contribution is -0.135. The quantitative estimate of drug-likeness (QED) is 0.545. The van der Waals surface area contributed by atoms with Crippen LogP contribution in [0.25, 0.3) is 0 Å². The van der Waals surface area contributed by atoms with Gasteiger partial charge in [0, 0.05) is 58.4 Å². The maximum atomic E-state index is 12.8. The average Bonchev–Trinajstić information content (AvgIpc) is 2.75. The highest BCUT2D eigenvalue weighted by Gasteiger charge is 2.28. The Balaban J connectivity index is 1.47. The van der Waals surface area contributed by atoms with Gasteiger partial charge in [-0.1, -0.05) is 13.8 Å². The van der Waals surface area contributed by atoms with E-state index in [1.165, 1.54) is 6.42 Å². The van der Waals surface area contributed by atoms with Crippen molar-refractivity contribution in [2.45, 2.75) is 26.8 Å². The van der Waals surface area contributed by atoms with Gasteiger partial charge in [0.25, 0.3) is 0 Å².